The average Bonchev–Trinajstić information content (AvgIpc) is 2.51. The molecule has 2 rings (SSSR count). The number of amides is 1. The standard InChI is InChI=1S/C20H33N3O/c1-20(2,3)19(24)23(17-9-7-6-8-10-17)14-15-13-16(21)11-12-18(15)22(4)5/h11-13,17H,6-10,14,21H2,1-5H3. The molecule has 0 heterocycles. The normalized spacial score (nSPS) is 16.0. The van der Waals surface area contributed by atoms with Crippen molar-refractivity contribution in [2.45, 2.75) is 65.5 Å². The molecule has 1 aliphatic carbocycles. The Morgan fingerprint density at radius 2 is 1.79 bits per heavy atom. The van der Waals surface area contributed by atoms with Gasteiger partial charge in [0.1, 0.15) is 0 Å². The maximum absolute atomic E-state index is 13.1. The molecule has 0 aromatic heterocycles. The van der Waals surface area contributed by atoms with Gasteiger partial charge in [0.05, 0.1) is 0 Å². The molecule has 0 atom stereocenters. The number of hydrogen-bond donors (Lipinski definition) is 1. The van der Waals surface area contributed by atoms with Gasteiger partial charge in [-0.3, -0.25) is 4.79 Å². The molecule has 1 amide bonds. The number of carbonyl (C=O) groups is 1. The molecule has 0 aliphatic heterocycles. The van der Waals surface area contributed by atoms with E-state index in [1.54, 1.807) is 0 Å². The molecule has 0 radical (unpaired) electrons. The summed E-state index contributed by atoms with van der Waals surface area (Å²) in [5.74, 6) is 0.238. The van der Waals surface area contributed by atoms with Gasteiger partial charge >= 0.3 is 0 Å². The van der Waals surface area contributed by atoms with E-state index in [4.69, 9.17) is 5.73 Å². The van der Waals surface area contributed by atoms with Gasteiger partial charge in [-0.25, -0.2) is 0 Å². The van der Waals surface area contributed by atoms with Gasteiger partial charge < -0.3 is 15.5 Å². The van der Waals surface area contributed by atoms with Crippen LogP contribution in [-0.2, 0) is 11.3 Å². The fourth-order valence-electron chi connectivity index (χ4n) is 3.54. The predicted octanol–water partition coefficient (Wildman–Crippen LogP) is 4.04. The zero-order valence-corrected chi connectivity index (χ0v) is 15.9. The summed E-state index contributed by atoms with van der Waals surface area (Å²) in [7, 11) is 4.07. The van der Waals surface area contributed by atoms with Gasteiger partial charge in [-0.1, -0.05) is 40.0 Å². The number of rotatable bonds is 4. The second kappa shape index (κ2) is 7.45. The Morgan fingerprint density at radius 1 is 1.17 bits per heavy atom. The number of anilines is 2. The third kappa shape index (κ3) is 4.43. The van der Waals surface area contributed by atoms with Crippen LogP contribution in [0.5, 0.6) is 0 Å². The molecule has 1 aliphatic rings. The number of nitrogen functional groups attached to an aromatic ring is 1. The molecule has 0 spiro atoms. The molecule has 24 heavy (non-hydrogen) atoms. The Kier molecular flexibility index (Phi) is 5.79. The highest BCUT2D eigenvalue weighted by molar-refractivity contribution is 5.82. The maximum atomic E-state index is 13.1. The van der Waals surface area contributed by atoms with Crippen molar-refractivity contribution in [1.82, 2.24) is 4.90 Å². The van der Waals surface area contributed by atoms with Crippen molar-refractivity contribution < 1.29 is 4.79 Å². The second-order valence-corrected chi connectivity index (χ2v) is 8.26. The SMILES string of the molecule is CN(C)c1ccc(N)cc1CN(C(=O)C(C)(C)C)C1CCCCC1. The maximum Gasteiger partial charge on any atom is 0.228 e. The molecule has 2 N–H and O–H groups in total. The highest BCUT2D eigenvalue weighted by atomic mass is 16.2. The lowest BCUT2D eigenvalue weighted by atomic mass is 9.89. The summed E-state index contributed by atoms with van der Waals surface area (Å²) in [6.45, 7) is 6.67. The van der Waals surface area contributed by atoms with Gasteiger partial charge in [-0.2, -0.15) is 0 Å². The Balaban J connectivity index is 2.34. The Morgan fingerprint density at radius 3 is 2.33 bits per heavy atom. The monoisotopic (exact) mass is 331 g/mol. The van der Waals surface area contributed by atoms with Crippen LogP contribution in [0.25, 0.3) is 0 Å². The van der Waals surface area contributed by atoms with Crippen molar-refractivity contribution in [3.05, 3.63) is 23.8 Å². The van der Waals surface area contributed by atoms with Gasteiger partial charge in [0.15, 0.2) is 0 Å². The number of nitrogens with zero attached hydrogens (tertiary/aromatic N) is 2. The van der Waals surface area contributed by atoms with Crippen LogP contribution in [0, 0.1) is 5.41 Å². The van der Waals surface area contributed by atoms with Crippen LogP contribution in [0.1, 0.15) is 58.4 Å². The molecule has 0 bridgehead atoms. The molecular weight excluding hydrogens is 298 g/mol. The minimum Gasteiger partial charge on any atom is -0.399 e. The molecule has 4 nitrogen and oxygen atoms in total. The number of hydrogen-bond acceptors (Lipinski definition) is 3. The van der Waals surface area contributed by atoms with Crippen LogP contribution in [0.3, 0.4) is 0 Å². The van der Waals surface area contributed by atoms with E-state index >= 15 is 0 Å². The molecule has 0 unspecified atom stereocenters. The van der Waals surface area contributed by atoms with E-state index in [-0.39, 0.29) is 11.3 Å². The number of carbonyl (C=O) groups excluding carboxylic acids is 1. The molecule has 0 saturated heterocycles. The van der Waals surface area contributed by atoms with E-state index in [2.05, 4.69) is 9.80 Å². The van der Waals surface area contributed by atoms with Gasteiger partial charge in [0.25, 0.3) is 0 Å². The fraction of sp³-hybridized carbons (Fsp3) is 0.650. The summed E-state index contributed by atoms with van der Waals surface area (Å²) in [4.78, 5) is 17.3. The molecule has 134 valence electrons. The van der Waals surface area contributed by atoms with Crippen molar-refractivity contribution >= 4 is 17.3 Å². The highest BCUT2D eigenvalue weighted by Gasteiger charge is 2.33. The van der Waals surface area contributed by atoms with Crippen molar-refractivity contribution in [1.29, 1.82) is 0 Å². The van der Waals surface area contributed by atoms with Crippen LogP contribution in [0.4, 0.5) is 11.4 Å². The van der Waals surface area contributed by atoms with Crippen molar-refractivity contribution in [3.8, 4) is 0 Å². The van der Waals surface area contributed by atoms with Crippen LogP contribution in [0.15, 0.2) is 18.2 Å². The van der Waals surface area contributed by atoms with E-state index < -0.39 is 0 Å². The zero-order chi connectivity index (χ0) is 17.9. The van der Waals surface area contributed by atoms with E-state index in [1.165, 1.54) is 19.3 Å². The summed E-state index contributed by atoms with van der Waals surface area (Å²) in [5, 5.41) is 0. The quantitative estimate of drug-likeness (QED) is 0.847. The fourth-order valence-corrected chi connectivity index (χ4v) is 3.54. The first-order valence-electron chi connectivity index (χ1n) is 9.07. The largest absolute Gasteiger partial charge is 0.399 e. The Hall–Kier alpha value is -1.71. The topological polar surface area (TPSA) is 49.6 Å². The Bertz CT molecular complexity index is 569. The highest BCUT2D eigenvalue weighted by Crippen LogP contribution is 2.31. The first kappa shape index (κ1) is 18.6. The first-order chi connectivity index (χ1) is 11.2. The van der Waals surface area contributed by atoms with E-state index in [0.29, 0.717) is 12.6 Å². The second-order valence-electron chi connectivity index (χ2n) is 8.26. The van der Waals surface area contributed by atoms with Crippen molar-refractivity contribution in [3.63, 3.8) is 0 Å². The first-order valence-corrected chi connectivity index (χ1v) is 9.07. The number of benzene rings is 1. The summed E-state index contributed by atoms with van der Waals surface area (Å²) in [6.07, 6.45) is 5.95. The molecular formula is C20H33N3O. The van der Waals surface area contributed by atoms with E-state index in [9.17, 15) is 4.79 Å². The van der Waals surface area contributed by atoms with E-state index in [1.807, 2.05) is 53.1 Å². The minimum atomic E-state index is -0.365. The summed E-state index contributed by atoms with van der Waals surface area (Å²) >= 11 is 0. The third-order valence-electron chi connectivity index (χ3n) is 4.84. The van der Waals surface area contributed by atoms with Gasteiger partial charge in [0.2, 0.25) is 5.91 Å². The third-order valence-corrected chi connectivity index (χ3v) is 4.84. The molecule has 1 fully saturated rings. The summed E-state index contributed by atoms with van der Waals surface area (Å²) in [6, 6.07) is 6.34. The lowest BCUT2D eigenvalue weighted by molar-refractivity contribution is -0.143. The van der Waals surface area contributed by atoms with Crippen LogP contribution in [0.2, 0.25) is 0 Å². The lowest BCUT2D eigenvalue weighted by Crippen LogP contribution is -2.46. The van der Waals surface area contributed by atoms with Crippen LogP contribution < -0.4 is 10.6 Å². The van der Waals surface area contributed by atoms with Gasteiger partial charge in [0, 0.05) is 43.5 Å². The average molecular weight is 332 g/mol. The van der Waals surface area contributed by atoms with Gasteiger partial charge in [-0.15, -0.1) is 0 Å². The predicted molar refractivity (Wildman–Crippen MR) is 102 cm³/mol. The summed E-state index contributed by atoms with van der Waals surface area (Å²) in [5.41, 5.74) is 8.67. The zero-order valence-electron chi connectivity index (χ0n) is 15.9. The van der Waals surface area contributed by atoms with Crippen molar-refractivity contribution in [2.24, 2.45) is 5.41 Å². The molecule has 1 aromatic carbocycles. The molecule has 1 aromatic rings. The van der Waals surface area contributed by atoms with Gasteiger partial charge in [-0.05, 0) is 36.6 Å². The summed E-state index contributed by atoms with van der Waals surface area (Å²) < 4.78 is 0. The minimum absolute atomic E-state index is 0.238. The number of nitrogens with two attached hydrogens (primary N) is 1. The Labute approximate surface area is 147 Å². The lowest BCUT2D eigenvalue weighted by Gasteiger charge is -2.38. The van der Waals surface area contributed by atoms with Crippen LogP contribution in [-0.4, -0.2) is 30.9 Å². The van der Waals surface area contributed by atoms with Crippen LogP contribution >= 0.6 is 0 Å². The smallest absolute Gasteiger partial charge is 0.228 e. The van der Waals surface area contributed by atoms with Crippen molar-refractivity contribution in [2.75, 3.05) is 24.7 Å². The van der Waals surface area contributed by atoms with E-state index in [0.717, 1.165) is 29.8 Å². The molecule has 4 heteroatoms. The molecule has 1 saturated carbocycles.